The van der Waals surface area contributed by atoms with E-state index < -0.39 is 168 Å². The number of carbonyl (C=O) groups excluding carboxylic acids is 6. The molecule has 12 nitrogen and oxygen atoms in total. The van der Waals surface area contributed by atoms with Crippen LogP contribution in [0.15, 0.2) is 91.0 Å². The molecule has 0 bridgehead atoms. The number of rotatable bonds is 24. The molecule has 0 spiro atoms. The number of hydrogen-bond donors (Lipinski definition) is 0. The fourth-order valence-electron chi connectivity index (χ4n) is 6.91. The molecule has 0 fully saturated rings. The van der Waals surface area contributed by atoms with Crippen LogP contribution in [0.1, 0.15) is 286 Å². The molecule has 0 aliphatic heterocycles. The summed E-state index contributed by atoms with van der Waals surface area (Å²) in [6.45, 7) is 29.9. The van der Waals surface area contributed by atoms with Gasteiger partial charge < -0.3 is 28.4 Å². The molecule has 0 atom stereocenters. The van der Waals surface area contributed by atoms with E-state index in [2.05, 4.69) is 0 Å². The van der Waals surface area contributed by atoms with Crippen molar-refractivity contribution in [1.29, 1.82) is 0 Å². The summed E-state index contributed by atoms with van der Waals surface area (Å²) < 4.78 is 224. The van der Waals surface area contributed by atoms with E-state index in [1.165, 1.54) is 18.2 Å². The first-order valence-electron chi connectivity index (χ1n) is 33.2. The van der Waals surface area contributed by atoms with Crippen LogP contribution in [0.25, 0.3) is 0 Å². The lowest BCUT2D eigenvalue weighted by atomic mass is 9.91. The summed E-state index contributed by atoms with van der Waals surface area (Å²) in [7, 11) is 0. The highest BCUT2D eigenvalue weighted by atomic mass is 19.2. The molecule has 6 rings (SSSR count). The fourth-order valence-corrected chi connectivity index (χ4v) is 6.91. The molecule has 6 aromatic carbocycles. The molecular weight excluding hydrogens is 1560 g/mol. The Morgan fingerprint density at radius 2 is 0.521 bits per heavy atom. The lowest BCUT2D eigenvalue weighted by molar-refractivity contribution is -0.156. The van der Waals surface area contributed by atoms with Crippen LogP contribution in [0.4, 0.5) is 65.9 Å². The van der Waals surface area contributed by atoms with E-state index in [-0.39, 0.29) is 144 Å². The van der Waals surface area contributed by atoms with Crippen molar-refractivity contribution in [3.63, 3.8) is 0 Å². The predicted octanol–water partition coefficient (Wildman–Crippen LogP) is 28.7. The molecule has 0 saturated carbocycles. The largest absolute Gasteiger partial charge is 0.460 e. The zero-order valence-electron chi connectivity index (χ0n) is 62.2. The van der Waals surface area contributed by atoms with Crippen LogP contribution in [0, 0.1) is 120 Å². The van der Waals surface area contributed by atoms with Gasteiger partial charge in [0.2, 0.25) is 0 Å². The fraction of sp³-hybridized carbons (Fsp3) is 0.533. The highest BCUT2D eigenvalue weighted by Gasteiger charge is 2.33. The second-order valence-electron chi connectivity index (χ2n) is 27.6. The first-order chi connectivity index (χ1) is 48.5. The summed E-state index contributed by atoms with van der Waals surface area (Å²) in [6, 6.07) is 14.5. The maximum atomic E-state index is 13.3. The predicted molar refractivity (Wildman–Crippen MR) is 442 cm³/mol. The standard InChI is InChI=1S/3C13H15F3O2.3C13H16F2O2.12CH4/c1-4-13(2,3)12(17)18-7-8-5-10(15)11(16)6-9(8)14;1-4-13(2,3)12(17)18-7-8-5-9(14)11(16)10(15)6-8;1-4-13(2,3)12(17)18-7-8-9(14)5-6-10(15)11(8)16;1-4-13(2,3)12(16)17-8-9-7-10(14)5-6-11(9)15;1-4-13(2,3)12(16)17-8-9-5-6-10(14)11(15)7-9;1-4-13(2,3)12(16)17-8-9-6-5-7-10(14)11(9)15;;;;;;;;;;;;/h3*5-6H,4,7H2,1-3H3;3*5-7H,4,8H2,1-3H3;12*1H4. The van der Waals surface area contributed by atoms with Crippen LogP contribution in [0.2, 0.25) is 0 Å². The number of halogens is 15. The Hall–Kier alpha value is -8.91. The average molecular weight is 1700 g/mol. The zero-order valence-corrected chi connectivity index (χ0v) is 62.2. The van der Waals surface area contributed by atoms with E-state index in [9.17, 15) is 94.6 Å². The van der Waals surface area contributed by atoms with Crippen molar-refractivity contribution in [2.45, 2.75) is 292 Å². The minimum atomic E-state index is -1.53. The number of hydrogen-bond acceptors (Lipinski definition) is 12. The molecule has 27 heteroatoms. The van der Waals surface area contributed by atoms with Gasteiger partial charge in [0.25, 0.3) is 0 Å². The molecule has 678 valence electrons. The number of benzene rings is 6. The molecule has 0 aliphatic rings. The van der Waals surface area contributed by atoms with Crippen molar-refractivity contribution in [2.24, 2.45) is 32.5 Å². The normalized spacial score (nSPS) is 10.2. The lowest BCUT2D eigenvalue weighted by Gasteiger charge is -2.20. The molecule has 6 aromatic rings. The van der Waals surface area contributed by atoms with Crippen molar-refractivity contribution >= 4 is 35.8 Å². The Balaban J connectivity index is -0.000000111. The molecule has 117 heavy (non-hydrogen) atoms. The highest BCUT2D eigenvalue weighted by Crippen LogP contribution is 2.29. The quantitative estimate of drug-likeness (QED) is 0.0186. The highest BCUT2D eigenvalue weighted by molar-refractivity contribution is 5.78. The molecule has 0 radical (unpaired) electrons. The van der Waals surface area contributed by atoms with Crippen molar-refractivity contribution in [3.8, 4) is 0 Å². The Morgan fingerprint density at radius 3 is 0.889 bits per heavy atom. The maximum Gasteiger partial charge on any atom is 0.311 e. The van der Waals surface area contributed by atoms with Gasteiger partial charge in [-0.3, -0.25) is 28.8 Å². The Labute approximate surface area is 692 Å². The summed E-state index contributed by atoms with van der Waals surface area (Å²) in [5.41, 5.74) is -4.01. The van der Waals surface area contributed by atoms with E-state index in [1.54, 1.807) is 90.0 Å². The third-order valence-electron chi connectivity index (χ3n) is 17.1. The third-order valence-corrected chi connectivity index (χ3v) is 17.1. The SMILES string of the molecule is C.C.C.C.C.C.C.C.C.C.C.C.CCC(C)(C)C(=O)OCc1c(F)ccc(F)c1F.CCC(C)(C)C(=O)OCc1cc(F)c(F)c(F)c1.CCC(C)(C)C(=O)OCc1cc(F)c(F)cc1F.CCC(C)(C)C(=O)OCc1cc(F)ccc1F.CCC(C)(C)C(=O)OCc1ccc(F)c(F)c1.CCC(C)(C)C(=O)OCc1cccc(F)c1F. The number of carbonyl (C=O) groups is 6. The van der Waals surface area contributed by atoms with Crippen molar-refractivity contribution in [2.75, 3.05) is 0 Å². The minimum absolute atomic E-state index is 0. The summed E-state index contributed by atoms with van der Waals surface area (Å²) in [6.07, 6.45) is 3.57. The van der Waals surface area contributed by atoms with Gasteiger partial charge >= 0.3 is 35.8 Å². The van der Waals surface area contributed by atoms with Crippen LogP contribution in [0.3, 0.4) is 0 Å². The second-order valence-corrected chi connectivity index (χ2v) is 27.6. The van der Waals surface area contributed by atoms with E-state index in [4.69, 9.17) is 28.4 Å². The first kappa shape index (κ1) is 134. The van der Waals surface area contributed by atoms with Gasteiger partial charge in [0.15, 0.2) is 64.0 Å². The minimum Gasteiger partial charge on any atom is -0.460 e. The van der Waals surface area contributed by atoms with Crippen LogP contribution in [-0.4, -0.2) is 35.8 Å². The van der Waals surface area contributed by atoms with Crippen LogP contribution >= 0.6 is 0 Å². The van der Waals surface area contributed by atoms with Crippen LogP contribution < -0.4 is 0 Å². The van der Waals surface area contributed by atoms with Gasteiger partial charge in [-0.1, -0.05) is 149 Å². The van der Waals surface area contributed by atoms with Gasteiger partial charge in [-0.15, -0.1) is 0 Å². The number of ether oxygens (including phenoxy) is 6. The van der Waals surface area contributed by atoms with Crippen LogP contribution in [0.5, 0.6) is 0 Å². The van der Waals surface area contributed by atoms with E-state index in [1.807, 2.05) is 34.6 Å². The van der Waals surface area contributed by atoms with E-state index in [0.717, 1.165) is 54.6 Å². The van der Waals surface area contributed by atoms with Gasteiger partial charge in [0.1, 0.15) is 62.9 Å². The molecule has 0 heterocycles. The Bertz CT molecular complexity index is 3840. The van der Waals surface area contributed by atoms with Gasteiger partial charge in [-0.05, 0) is 199 Å². The van der Waals surface area contributed by atoms with Gasteiger partial charge in [0, 0.05) is 22.8 Å². The average Bonchev–Trinajstić information content (AvgIpc) is 0.848. The van der Waals surface area contributed by atoms with Crippen molar-refractivity contribution in [1.82, 2.24) is 0 Å². The molecule has 0 N–H and O–H groups in total. The zero-order chi connectivity index (χ0) is 80.9. The van der Waals surface area contributed by atoms with Gasteiger partial charge in [-0.25, -0.2) is 65.9 Å². The molecule has 0 saturated heterocycles. The lowest BCUT2D eigenvalue weighted by Crippen LogP contribution is -2.26. The molecule has 0 aromatic heterocycles. The van der Waals surface area contributed by atoms with Gasteiger partial charge in [0.05, 0.1) is 38.1 Å². The molecular formula is C90H141F15O12. The summed E-state index contributed by atoms with van der Waals surface area (Å²) in [4.78, 5) is 69.7. The maximum absolute atomic E-state index is 13.3. The van der Waals surface area contributed by atoms with Gasteiger partial charge in [-0.2, -0.15) is 0 Å². The Kier molecular flexibility index (Phi) is 69.5. The van der Waals surface area contributed by atoms with Crippen molar-refractivity contribution < 1.29 is 123 Å². The Morgan fingerprint density at radius 1 is 0.239 bits per heavy atom. The third kappa shape index (κ3) is 43.9. The topological polar surface area (TPSA) is 158 Å². The number of esters is 6. The van der Waals surface area contributed by atoms with E-state index in [0.29, 0.717) is 62.3 Å². The molecule has 0 unspecified atom stereocenters. The van der Waals surface area contributed by atoms with E-state index >= 15 is 0 Å². The van der Waals surface area contributed by atoms with Crippen LogP contribution in [-0.2, 0) is 96.8 Å². The first-order valence-corrected chi connectivity index (χ1v) is 33.2. The summed E-state index contributed by atoms with van der Waals surface area (Å²) in [5, 5.41) is 0. The molecule has 0 aliphatic carbocycles. The monoisotopic (exact) mass is 1700 g/mol. The smallest absolute Gasteiger partial charge is 0.311 e. The summed E-state index contributed by atoms with van der Waals surface area (Å²) >= 11 is 0. The van der Waals surface area contributed by atoms with Crippen molar-refractivity contribution in [3.05, 3.63) is 212 Å². The second kappa shape index (κ2) is 60.5. The molecule has 0 amide bonds. The summed E-state index contributed by atoms with van der Waals surface area (Å²) in [5.74, 6) is -18.5.